The van der Waals surface area contributed by atoms with Crippen molar-refractivity contribution in [1.29, 1.82) is 0 Å². The van der Waals surface area contributed by atoms with Gasteiger partial charge >= 0.3 is 0 Å². The summed E-state index contributed by atoms with van der Waals surface area (Å²) in [6, 6.07) is 11.9. The number of thiocarbonyl (C=S) groups is 1. The number of nitrogens with two attached hydrogens (primary N) is 1. The summed E-state index contributed by atoms with van der Waals surface area (Å²) in [4.78, 5) is 5.60. The summed E-state index contributed by atoms with van der Waals surface area (Å²) < 4.78 is 0. The van der Waals surface area contributed by atoms with Gasteiger partial charge in [-0.2, -0.15) is 0 Å². The number of thioether (sulfide) groups is 1. The van der Waals surface area contributed by atoms with E-state index >= 15 is 0 Å². The molecule has 1 heterocycles. The number of nitrogens with one attached hydrogen (secondary N) is 1. The van der Waals surface area contributed by atoms with Crippen LogP contribution in [0.25, 0.3) is 0 Å². The van der Waals surface area contributed by atoms with Crippen molar-refractivity contribution < 1.29 is 0 Å². The number of anilines is 2. The molecule has 0 bridgehead atoms. The zero-order valence-corrected chi connectivity index (χ0v) is 11.5. The minimum absolute atomic E-state index is 0.303. The number of hydrogen-bond acceptors (Lipinski definition) is 4. The molecule has 92 valence electrons. The first-order valence-electron chi connectivity index (χ1n) is 5.36. The number of aromatic nitrogens is 1. The zero-order chi connectivity index (χ0) is 13.0. The van der Waals surface area contributed by atoms with Crippen LogP contribution in [0.3, 0.4) is 0 Å². The molecule has 1 aromatic heterocycles. The Hall–Kier alpha value is -1.59. The van der Waals surface area contributed by atoms with Crippen LogP contribution in [-0.4, -0.2) is 16.2 Å². The maximum Gasteiger partial charge on any atom is 0.122 e. The molecule has 0 unspecified atom stereocenters. The number of benzene rings is 1. The lowest BCUT2D eigenvalue weighted by Crippen LogP contribution is -2.11. The second-order valence-electron chi connectivity index (χ2n) is 3.62. The van der Waals surface area contributed by atoms with Crippen molar-refractivity contribution in [3.8, 4) is 0 Å². The molecule has 1 aromatic carbocycles. The number of rotatable bonds is 4. The molecule has 2 rings (SSSR count). The SMILES string of the molecule is CSc1ccccc1Nc1ccnc(C(N)=S)c1. The Kier molecular flexibility index (Phi) is 4.17. The fourth-order valence-electron chi connectivity index (χ4n) is 1.55. The Labute approximate surface area is 116 Å². The van der Waals surface area contributed by atoms with Crippen LogP contribution in [0.15, 0.2) is 47.5 Å². The summed E-state index contributed by atoms with van der Waals surface area (Å²) >= 11 is 6.61. The molecule has 0 aliphatic heterocycles. The quantitative estimate of drug-likeness (QED) is 0.663. The van der Waals surface area contributed by atoms with E-state index in [0.717, 1.165) is 11.4 Å². The van der Waals surface area contributed by atoms with Crippen molar-refractivity contribution in [2.75, 3.05) is 11.6 Å². The Morgan fingerprint density at radius 2 is 2.11 bits per heavy atom. The maximum absolute atomic E-state index is 5.57. The van der Waals surface area contributed by atoms with E-state index in [1.54, 1.807) is 18.0 Å². The van der Waals surface area contributed by atoms with Gasteiger partial charge in [-0.3, -0.25) is 4.98 Å². The van der Waals surface area contributed by atoms with Crippen molar-refractivity contribution in [3.63, 3.8) is 0 Å². The monoisotopic (exact) mass is 275 g/mol. The molecule has 0 aliphatic rings. The molecule has 5 heteroatoms. The highest BCUT2D eigenvalue weighted by Gasteiger charge is 2.03. The van der Waals surface area contributed by atoms with E-state index in [1.165, 1.54) is 4.90 Å². The standard InChI is InChI=1S/C13H13N3S2/c1-18-12-5-3-2-4-10(12)16-9-6-7-15-11(8-9)13(14)17/h2-8H,1H3,(H2,14,17)(H,15,16). The van der Waals surface area contributed by atoms with Crippen LogP contribution in [-0.2, 0) is 0 Å². The molecule has 0 aliphatic carbocycles. The van der Waals surface area contributed by atoms with Crippen molar-refractivity contribution in [3.05, 3.63) is 48.3 Å². The fraction of sp³-hybridized carbons (Fsp3) is 0.0769. The molecular weight excluding hydrogens is 262 g/mol. The van der Waals surface area contributed by atoms with Crippen LogP contribution in [0.4, 0.5) is 11.4 Å². The average Bonchev–Trinajstić information content (AvgIpc) is 2.39. The molecule has 0 fully saturated rings. The lowest BCUT2D eigenvalue weighted by Gasteiger charge is -2.10. The lowest BCUT2D eigenvalue weighted by molar-refractivity contribution is 1.28. The number of hydrogen-bond donors (Lipinski definition) is 2. The van der Waals surface area contributed by atoms with Gasteiger partial charge in [-0.05, 0) is 30.5 Å². The third-order valence-corrected chi connectivity index (χ3v) is 3.40. The minimum atomic E-state index is 0.303. The molecule has 3 nitrogen and oxygen atoms in total. The summed E-state index contributed by atoms with van der Waals surface area (Å²) in [7, 11) is 0. The Morgan fingerprint density at radius 1 is 1.33 bits per heavy atom. The van der Waals surface area contributed by atoms with Crippen molar-refractivity contribution in [1.82, 2.24) is 4.98 Å². The van der Waals surface area contributed by atoms with E-state index in [2.05, 4.69) is 16.4 Å². The van der Waals surface area contributed by atoms with Crippen LogP contribution >= 0.6 is 24.0 Å². The first-order valence-corrected chi connectivity index (χ1v) is 7.00. The maximum atomic E-state index is 5.57. The summed E-state index contributed by atoms with van der Waals surface area (Å²) in [6.07, 6.45) is 3.74. The van der Waals surface area contributed by atoms with Crippen LogP contribution < -0.4 is 11.1 Å². The predicted molar refractivity (Wildman–Crippen MR) is 81.6 cm³/mol. The molecule has 0 spiro atoms. The van der Waals surface area contributed by atoms with Crippen LogP contribution in [0.1, 0.15) is 5.69 Å². The highest BCUT2D eigenvalue weighted by atomic mass is 32.2. The fourth-order valence-corrected chi connectivity index (χ4v) is 2.21. The third kappa shape index (κ3) is 3.00. The smallest absolute Gasteiger partial charge is 0.122 e. The predicted octanol–water partition coefficient (Wildman–Crippen LogP) is 3.18. The highest BCUT2D eigenvalue weighted by molar-refractivity contribution is 7.98. The summed E-state index contributed by atoms with van der Waals surface area (Å²) in [5.74, 6) is 0. The zero-order valence-electron chi connectivity index (χ0n) is 9.88. The van der Waals surface area contributed by atoms with Gasteiger partial charge in [-0.15, -0.1) is 11.8 Å². The third-order valence-electron chi connectivity index (χ3n) is 2.40. The van der Waals surface area contributed by atoms with Crippen LogP contribution in [0.5, 0.6) is 0 Å². The van der Waals surface area contributed by atoms with E-state index < -0.39 is 0 Å². The molecule has 0 radical (unpaired) electrons. The van der Waals surface area contributed by atoms with Gasteiger partial charge in [0.05, 0.1) is 11.4 Å². The minimum Gasteiger partial charge on any atom is -0.388 e. The van der Waals surface area contributed by atoms with E-state index in [1.807, 2.05) is 36.6 Å². The molecular formula is C13H13N3S2. The van der Waals surface area contributed by atoms with Gasteiger partial charge in [0.15, 0.2) is 0 Å². The first-order chi connectivity index (χ1) is 8.70. The second-order valence-corrected chi connectivity index (χ2v) is 4.91. The number of nitrogens with zero attached hydrogens (tertiary/aromatic N) is 1. The van der Waals surface area contributed by atoms with Gasteiger partial charge in [0.25, 0.3) is 0 Å². The summed E-state index contributed by atoms with van der Waals surface area (Å²) in [5.41, 5.74) is 8.18. The Morgan fingerprint density at radius 3 is 2.83 bits per heavy atom. The largest absolute Gasteiger partial charge is 0.388 e. The van der Waals surface area contributed by atoms with E-state index in [9.17, 15) is 0 Å². The molecule has 0 atom stereocenters. The Balaban J connectivity index is 2.28. The van der Waals surface area contributed by atoms with Crippen LogP contribution in [0.2, 0.25) is 0 Å². The normalized spacial score (nSPS) is 10.1. The second kappa shape index (κ2) is 5.84. The number of pyridine rings is 1. The van der Waals surface area contributed by atoms with Crippen molar-refractivity contribution >= 4 is 40.3 Å². The number of para-hydroxylation sites is 1. The summed E-state index contributed by atoms with van der Waals surface area (Å²) in [6.45, 7) is 0. The lowest BCUT2D eigenvalue weighted by atomic mass is 10.2. The van der Waals surface area contributed by atoms with Gasteiger partial charge in [-0.1, -0.05) is 24.4 Å². The van der Waals surface area contributed by atoms with Crippen molar-refractivity contribution in [2.24, 2.45) is 5.73 Å². The molecule has 0 saturated heterocycles. The van der Waals surface area contributed by atoms with Crippen LogP contribution in [0, 0.1) is 0 Å². The van der Waals surface area contributed by atoms with Gasteiger partial charge in [-0.25, -0.2) is 0 Å². The molecule has 0 saturated carbocycles. The van der Waals surface area contributed by atoms with Gasteiger partial charge in [0, 0.05) is 16.8 Å². The molecule has 0 amide bonds. The molecule has 3 N–H and O–H groups in total. The first kappa shape index (κ1) is 12.9. The van der Waals surface area contributed by atoms with E-state index in [4.69, 9.17) is 18.0 Å². The molecule has 18 heavy (non-hydrogen) atoms. The van der Waals surface area contributed by atoms with E-state index in [0.29, 0.717) is 10.7 Å². The van der Waals surface area contributed by atoms with Gasteiger partial charge in [0.2, 0.25) is 0 Å². The molecule has 2 aromatic rings. The van der Waals surface area contributed by atoms with E-state index in [-0.39, 0.29) is 0 Å². The Bertz CT molecular complexity index is 570. The highest BCUT2D eigenvalue weighted by Crippen LogP contribution is 2.27. The average molecular weight is 275 g/mol. The van der Waals surface area contributed by atoms with Gasteiger partial charge in [0.1, 0.15) is 4.99 Å². The van der Waals surface area contributed by atoms with Crippen molar-refractivity contribution in [2.45, 2.75) is 4.90 Å². The summed E-state index contributed by atoms with van der Waals surface area (Å²) in [5, 5.41) is 3.34. The topological polar surface area (TPSA) is 50.9 Å². The van der Waals surface area contributed by atoms with Gasteiger partial charge < -0.3 is 11.1 Å².